The van der Waals surface area contributed by atoms with E-state index in [1.165, 1.54) is 5.56 Å². The number of benzene rings is 2. The molecule has 29 heavy (non-hydrogen) atoms. The fraction of sp³-hybridized carbons (Fsp3) is 0.417. The summed E-state index contributed by atoms with van der Waals surface area (Å²) in [7, 11) is 0. The molecule has 2 aromatic rings. The Hall–Kier alpha value is -2.30. The maximum absolute atomic E-state index is 13.8. The van der Waals surface area contributed by atoms with Crippen molar-refractivity contribution in [2.75, 3.05) is 6.61 Å². The van der Waals surface area contributed by atoms with Crippen molar-refractivity contribution in [3.8, 4) is 5.75 Å². The first kappa shape index (κ1) is 24.7. The van der Waals surface area contributed by atoms with Crippen LogP contribution in [0.3, 0.4) is 0 Å². The van der Waals surface area contributed by atoms with Crippen LogP contribution in [0.5, 0.6) is 5.75 Å². The van der Waals surface area contributed by atoms with Crippen LogP contribution in [-0.4, -0.2) is 6.61 Å². The van der Waals surface area contributed by atoms with Crippen LogP contribution in [0.15, 0.2) is 36.9 Å². The normalized spacial score (nSPS) is 11.4. The molecule has 0 aromatic heterocycles. The quantitative estimate of drug-likeness (QED) is 0.188. The zero-order chi connectivity index (χ0) is 22.0. The second-order valence-electron chi connectivity index (χ2n) is 6.95. The number of hydrogen-bond acceptors (Lipinski definition) is 1. The Morgan fingerprint density at radius 3 is 1.97 bits per heavy atom. The molecule has 0 fully saturated rings. The topological polar surface area (TPSA) is 9.23 Å². The van der Waals surface area contributed by atoms with Crippen LogP contribution in [-0.2, 0) is 6.42 Å². The lowest BCUT2D eigenvalue weighted by atomic mass is 9.99. The summed E-state index contributed by atoms with van der Waals surface area (Å²) in [4.78, 5) is 0. The largest absolute Gasteiger partial charge is 0.494 e. The zero-order valence-electron chi connectivity index (χ0n) is 17.6. The van der Waals surface area contributed by atoms with Gasteiger partial charge in [0.15, 0.2) is 23.3 Å². The second kappa shape index (κ2) is 12.3. The van der Waals surface area contributed by atoms with Crippen LogP contribution in [0.4, 0.5) is 17.6 Å². The summed E-state index contributed by atoms with van der Waals surface area (Å²) in [5.41, 5.74) is 0.0747. The number of rotatable bonds is 8. The molecule has 0 amide bonds. The van der Waals surface area contributed by atoms with E-state index in [4.69, 9.17) is 4.74 Å². The van der Waals surface area contributed by atoms with Crippen molar-refractivity contribution in [2.24, 2.45) is 0 Å². The SMILES string of the molecule is C=CC.CCC(C)c1ccc(OCCCCc2c(F)c(F)c(C)c(F)c2F)cc1. The second-order valence-corrected chi connectivity index (χ2v) is 6.95. The predicted molar refractivity (Wildman–Crippen MR) is 110 cm³/mol. The fourth-order valence-corrected chi connectivity index (χ4v) is 2.73. The Balaban J connectivity index is 0.00000132. The summed E-state index contributed by atoms with van der Waals surface area (Å²) in [5.74, 6) is -4.04. The first-order valence-electron chi connectivity index (χ1n) is 9.89. The van der Waals surface area contributed by atoms with Crippen molar-refractivity contribution in [1.82, 2.24) is 0 Å². The average molecular weight is 410 g/mol. The van der Waals surface area contributed by atoms with Gasteiger partial charge in [0.2, 0.25) is 0 Å². The molecule has 0 heterocycles. The van der Waals surface area contributed by atoms with Crippen molar-refractivity contribution < 1.29 is 22.3 Å². The van der Waals surface area contributed by atoms with Gasteiger partial charge in [-0.2, -0.15) is 0 Å². The number of hydrogen-bond donors (Lipinski definition) is 0. The lowest BCUT2D eigenvalue weighted by molar-refractivity contribution is 0.305. The highest BCUT2D eigenvalue weighted by Gasteiger charge is 2.22. The van der Waals surface area contributed by atoms with Crippen molar-refractivity contribution in [3.63, 3.8) is 0 Å². The van der Waals surface area contributed by atoms with E-state index in [0.29, 0.717) is 25.4 Å². The molecule has 0 radical (unpaired) electrons. The van der Waals surface area contributed by atoms with Gasteiger partial charge in [0.1, 0.15) is 5.75 Å². The van der Waals surface area contributed by atoms with Crippen LogP contribution in [0.25, 0.3) is 0 Å². The molecular weight excluding hydrogens is 380 g/mol. The third-order valence-corrected chi connectivity index (χ3v) is 4.73. The van der Waals surface area contributed by atoms with Gasteiger partial charge in [0.25, 0.3) is 0 Å². The van der Waals surface area contributed by atoms with Gasteiger partial charge in [-0.25, -0.2) is 17.6 Å². The first-order valence-corrected chi connectivity index (χ1v) is 9.89. The fourth-order valence-electron chi connectivity index (χ4n) is 2.73. The van der Waals surface area contributed by atoms with Gasteiger partial charge in [-0.05, 0) is 63.1 Å². The zero-order valence-corrected chi connectivity index (χ0v) is 17.6. The van der Waals surface area contributed by atoms with E-state index in [0.717, 1.165) is 19.1 Å². The van der Waals surface area contributed by atoms with E-state index in [1.54, 1.807) is 6.08 Å². The van der Waals surface area contributed by atoms with Crippen LogP contribution in [0.2, 0.25) is 0 Å². The van der Waals surface area contributed by atoms with E-state index >= 15 is 0 Å². The highest BCUT2D eigenvalue weighted by molar-refractivity contribution is 5.30. The molecule has 0 aliphatic carbocycles. The van der Waals surface area contributed by atoms with Crippen molar-refractivity contribution in [2.45, 2.75) is 59.3 Å². The van der Waals surface area contributed by atoms with Crippen LogP contribution >= 0.6 is 0 Å². The van der Waals surface area contributed by atoms with Crippen LogP contribution < -0.4 is 4.74 Å². The van der Waals surface area contributed by atoms with Gasteiger partial charge < -0.3 is 4.74 Å². The minimum Gasteiger partial charge on any atom is -0.494 e. The van der Waals surface area contributed by atoms with E-state index in [2.05, 4.69) is 20.4 Å². The molecule has 5 heteroatoms. The standard InChI is InChI=1S/C21H24F4O.C3H6/c1-4-13(2)15-8-10-16(11-9-15)26-12-6-5-7-17-20(24)18(22)14(3)19(23)21(17)25;1-3-2/h8-11,13H,4-7,12H2,1-3H3;3H,1H2,2H3. The van der Waals surface area contributed by atoms with Gasteiger partial charge in [0.05, 0.1) is 6.61 Å². The van der Waals surface area contributed by atoms with E-state index in [9.17, 15) is 17.6 Å². The van der Waals surface area contributed by atoms with Gasteiger partial charge in [0, 0.05) is 11.1 Å². The predicted octanol–water partition coefficient (Wildman–Crippen LogP) is 7.66. The Bertz CT molecular complexity index is 755. The van der Waals surface area contributed by atoms with Gasteiger partial charge in [-0.1, -0.05) is 32.1 Å². The van der Waals surface area contributed by atoms with Crippen molar-refractivity contribution >= 4 is 0 Å². The van der Waals surface area contributed by atoms with Crippen LogP contribution in [0.1, 0.15) is 62.6 Å². The summed E-state index contributed by atoms with van der Waals surface area (Å²) < 4.78 is 60.3. The number of allylic oxidation sites excluding steroid dienone is 1. The lowest BCUT2D eigenvalue weighted by Crippen LogP contribution is -2.07. The van der Waals surface area contributed by atoms with Crippen molar-refractivity contribution in [3.05, 3.63) is 76.9 Å². The highest BCUT2D eigenvalue weighted by Crippen LogP contribution is 2.25. The molecule has 2 rings (SSSR count). The minimum atomic E-state index is -1.32. The Morgan fingerprint density at radius 1 is 0.966 bits per heavy atom. The van der Waals surface area contributed by atoms with Gasteiger partial charge in [-0.3, -0.25) is 0 Å². The molecule has 0 spiro atoms. The number of unbranched alkanes of at least 4 members (excludes halogenated alkanes) is 1. The molecule has 0 bridgehead atoms. The molecule has 1 atom stereocenters. The Morgan fingerprint density at radius 2 is 1.48 bits per heavy atom. The van der Waals surface area contributed by atoms with Gasteiger partial charge >= 0.3 is 0 Å². The maximum atomic E-state index is 13.8. The third kappa shape index (κ3) is 6.91. The molecular formula is C24H30F4O. The molecule has 1 unspecified atom stereocenters. The molecule has 0 saturated carbocycles. The van der Waals surface area contributed by atoms with E-state index in [-0.39, 0.29) is 6.42 Å². The molecule has 160 valence electrons. The summed E-state index contributed by atoms with van der Waals surface area (Å²) in [6.07, 6.45) is 3.61. The first-order chi connectivity index (χ1) is 13.8. The van der Waals surface area contributed by atoms with E-state index < -0.39 is 34.4 Å². The highest BCUT2D eigenvalue weighted by atomic mass is 19.2. The van der Waals surface area contributed by atoms with Crippen molar-refractivity contribution in [1.29, 1.82) is 0 Å². The number of halogens is 4. The lowest BCUT2D eigenvalue weighted by Gasteiger charge is -2.11. The smallest absolute Gasteiger partial charge is 0.165 e. The average Bonchev–Trinajstić information content (AvgIpc) is 2.73. The summed E-state index contributed by atoms with van der Waals surface area (Å²) in [6.45, 7) is 10.9. The molecule has 2 aromatic carbocycles. The summed E-state index contributed by atoms with van der Waals surface area (Å²) in [6, 6.07) is 7.83. The molecule has 0 aliphatic rings. The Labute approximate surface area is 171 Å². The third-order valence-electron chi connectivity index (χ3n) is 4.73. The van der Waals surface area contributed by atoms with E-state index in [1.807, 2.05) is 31.2 Å². The summed E-state index contributed by atoms with van der Waals surface area (Å²) >= 11 is 0. The van der Waals surface area contributed by atoms with Gasteiger partial charge in [-0.15, -0.1) is 6.58 Å². The summed E-state index contributed by atoms with van der Waals surface area (Å²) in [5, 5.41) is 0. The molecule has 0 N–H and O–H groups in total. The number of ether oxygens (including phenoxy) is 1. The maximum Gasteiger partial charge on any atom is 0.165 e. The molecule has 0 aliphatic heterocycles. The van der Waals surface area contributed by atoms with Crippen LogP contribution in [0, 0.1) is 30.2 Å². The monoisotopic (exact) mass is 410 g/mol. The molecule has 0 saturated heterocycles. The minimum absolute atomic E-state index is 0.0813. The Kier molecular flexibility index (Phi) is 10.5. The molecule has 1 nitrogen and oxygen atoms in total.